The maximum absolute atomic E-state index is 2.65. The molecule has 0 amide bonds. The summed E-state index contributed by atoms with van der Waals surface area (Å²) in [5.74, 6) is 0.550. The molecule has 0 fully saturated rings. The topological polar surface area (TPSA) is 0 Å². The van der Waals surface area contributed by atoms with Crippen LogP contribution in [0.2, 0.25) is 0 Å². The number of rotatable bonds is 8. The molecule has 1 atom stereocenters. The summed E-state index contributed by atoms with van der Waals surface area (Å²) in [6, 6.07) is 53.0. The van der Waals surface area contributed by atoms with Gasteiger partial charge in [0, 0.05) is 39.4 Å². The minimum atomic E-state index is -1.75. The third-order valence-electron chi connectivity index (χ3n) is 10.8. The summed E-state index contributed by atoms with van der Waals surface area (Å²) in [6.45, 7) is 2.33. The van der Waals surface area contributed by atoms with Crippen molar-refractivity contribution in [3.63, 3.8) is 0 Å². The summed E-state index contributed by atoms with van der Waals surface area (Å²) in [4.78, 5) is 13.2. The Hall–Kier alpha value is -4.54. The van der Waals surface area contributed by atoms with Gasteiger partial charge in [-0.3, -0.25) is 0 Å². The molecule has 1 aromatic heterocycles. The van der Waals surface area contributed by atoms with Crippen LogP contribution in [-0.2, 0) is 6.42 Å². The highest BCUT2D eigenvalue weighted by molar-refractivity contribution is 8.40. The Balaban J connectivity index is 1.31. The standard InChI is InChI=1S/C49H44S3/c1-37-27-29-43(30-28-37)52(41-23-13-5-14-24-41,42-25-15-6-16-26-42)45-32-34-49-47(36-45)46-35-44(31-33-48(46)50-49)51(38-17-7-2-8-18-38,39-19-9-3-10-20-39)40-21-11-4-12-22-40/h2-11,13-21,23-27,29-30,32,34-37H,12,22,28,31,33H2,1H3. The van der Waals surface area contributed by atoms with E-state index in [4.69, 9.17) is 0 Å². The first-order chi connectivity index (χ1) is 25.7. The lowest BCUT2D eigenvalue weighted by Crippen LogP contribution is -2.12. The summed E-state index contributed by atoms with van der Waals surface area (Å²) in [5.41, 5.74) is 1.44. The van der Waals surface area contributed by atoms with Crippen LogP contribution in [0.5, 0.6) is 0 Å². The molecule has 5 aromatic carbocycles. The number of hydrogen-bond donors (Lipinski definition) is 0. The molecule has 52 heavy (non-hydrogen) atoms. The fourth-order valence-corrected chi connectivity index (χ4v) is 17.9. The summed E-state index contributed by atoms with van der Waals surface area (Å²) >= 11 is 2.01. The van der Waals surface area contributed by atoms with Gasteiger partial charge < -0.3 is 0 Å². The molecule has 0 aliphatic heterocycles. The van der Waals surface area contributed by atoms with Crippen molar-refractivity contribution in [1.29, 1.82) is 0 Å². The van der Waals surface area contributed by atoms with Crippen molar-refractivity contribution < 1.29 is 0 Å². The van der Waals surface area contributed by atoms with Crippen molar-refractivity contribution in [2.24, 2.45) is 5.92 Å². The molecule has 0 bridgehead atoms. The minimum absolute atomic E-state index is 0.550. The largest absolute Gasteiger partial charge is 0.140 e. The predicted octanol–water partition coefficient (Wildman–Crippen LogP) is 15.1. The zero-order valence-electron chi connectivity index (χ0n) is 29.7. The first-order valence-corrected chi connectivity index (χ1v) is 22.6. The van der Waals surface area contributed by atoms with E-state index in [0.717, 1.165) is 32.1 Å². The van der Waals surface area contributed by atoms with Crippen LogP contribution >= 0.6 is 31.4 Å². The van der Waals surface area contributed by atoms with Crippen molar-refractivity contribution in [3.8, 4) is 0 Å². The average Bonchev–Trinajstić information content (AvgIpc) is 3.59. The van der Waals surface area contributed by atoms with Gasteiger partial charge in [0.05, 0.1) is 0 Å². The van der Waals surface area contributed by atoms with Crippen LogP contribution in [0.1, 0.15) is 43.0 Å². The zero-order valence-corrected chi connectivity index (χ0v) is 32.1. The van der Waals surface area contributed by atoms with Crippen molar-refractivity contribution >= 4 is 47.6 Å². The lowest BCUT2D eigenvalue weighted by atomic mass is 10.0. The molecule has 9 rings (SSSR count). The van der Waals surface area contributed by atoms with Crippen LogP contribution in [-0.4, -0.2) is 0 Å². The molecule has 3 aliphatic carbocycles. The second kappa shape index (κ2) is 14.1. The zero-order chi connectivity index (χ0) is 35.0. The maximum Gasteiger partial charge on any atom is 0.0352 e. The second-order valence-electron chi connectivity index (χ2n) is 14.0. The van der Waals surface area contributed by atoms with Crippen molar-refractivity contribution in [1.82, 2.24) is 0 Å². The van der Waals surface area contributed by atoms with Gasteiger partial charge in [-0.1, -0.05) is 116 Å². The average molecular weight is 729 g/mol. The molecule has 0 nitrogen and oxygen atoms in total. The van der Waals surface area contributed by atoms with Crippen LogP contribution in [0.3, 0.4) is 0 Å². The van der Waals surface area contributed by atoms with Gasteiger partial charge in [-0.05, 0) is 131 Å². The van der Waals surface area contributed by atoms with Gasteiger partial charge in [0.15, 0.2) is 0 Å². The Labute approximate surface area is 316 Å². The van der Waals surface area contributed by atoms with Crippen LogP contribution in [0.25, 0.3) is 16.2 Å². The first kappa shape index (κ1) is 33.3. The number of benzene rings is 5. The monoisotopic (exact) mass is 728 g/mol. The van der Waals surface area contributed by atoms with Gasteiger partial charge in [0.1, 0.15) is 0 Å². The van der Waals surface area contributed by atoms with Gasteiger partial charge in [-0.15, -0.1) is 31.4 Å². The van der Waals surface area contributed by atoms with Crippen molar-refractivity contribution in [3.05, 3.63) is 201 Å². The molecule has 0 spiro atoms. The Morgan fingerprint density at radius 2 is 1.19 bits per heavy atom. The normalized spacial score (nSPS) is 17.9. The Morgan fingerprint density at radius 1 is 0.596 bits per heavy atom. The number of thiophene rings is 1. The van der Waals surface area contributed by atoms with Crippen molar-refractivity contribution in [2.75, 3.05) is 0 Å². The highest BCUT2D eigenvalue weighted by Crippen LogP contribution is 2.77. The van der Waals surface area contributed by atoms with E-state index in [-0.39, 0.29) is 0 Å². The van der Waals surface area contributed by atoms with Gasteiger partial charge in [0.25, 0.3) is 0 Å². The van der Waals surface area contributed by atoms with E-state index in [2.05, 4.69) is 189 Å². The van der Waals surface area contributed by atoms with Crippen LogP contribution < -0.4 is 0 Å². The van der Waals surface area contributed by atoms with E-state index in [1.807, 2.05) is 11.3 Å². The second-order valence-corrected chi connectivity index (χ2v) is 21.4. The minimum Gasteiger partial charge on any atom is -0.140 e. The molecule has 0 radical (unpaired) electrons. The number of hydrogen-bond acceptors (Lipinski definition) is 1. The third kappa shape index (κ3) is 5.53. The Morgan fingerprint density at radius 3 is 1.73 bits per heavy atom. The predicted molar refractivity (Wildman–Crippen MR) is 228 cm³/mol. The molecule has 0 saturated carbocycles. The molecular weight excluding hydrogens is 685 g/mol. The van der Waals surface area contributed by atoms with Gasteiger partial charge >= 0.3 is 0 Å². The summed E-state index contributed by atoms with van der Waals surface area (Å²) in [7, 11) is -3.38. The van der Waals surface area contributed by atoms with E-state index in [9.17, 15) is 0 Å². The fraction of sp³-hybridized carbons (Fsp3) is 0.143. The van der Waals surface area contributed by atoms with Gasteiger partial charge in [0.2, 0.25) is 0 Å². The lowest BCUT2D eigenvalue weighted by Gasteiger charge is -2.46. The van der Waals surface area contributed by atoms with Crippen LogP contribution in [0.15, 0.2) is 215 Å². The van der Waals surface area contributed by atoms with E-state index >= 15 is 0 Å². The summed E-state index contributed by atoms with van der Waals surface area (Å²) < 4.78 is 1.39. The molecule has 6 aromatic rings. The van der Waals surface area contributed by atoms with Crippen LogP contribution in [0, 0.1) is 5.92 Å². The number of fused-ring (bicyclic) bond motifs is 3. The molecule has 1 unspecified atom stereocenters. The van der Waals surface area contributed by atoms with E-state index in [1.54, 1.807) is 9.81 Å². The van der Waals surface area contributed by atoms with Gasteiger partial charge in [-0.2, -0.15) is 0 Å². The molecule has 0 N–H and O–H groups in total. The molecule has 258 valence electrons. The van der Waals surface area contributed by atoms with E-state index < -0.39 is 20.1 Å². The number of aryl methyl sites for hydroxylation is 1. The molecule has 3 heteroatoms. The SMILES string of the molecule is CC1C=CC(S(c2ccccc2)(c2ccccc2)c2ccc3sc4c(c3c2)C=C(S(C2=CC=CCC2)(c2ccccc2)c2ccccc2)CC4)=CC1. The van der Waals surface area contributed by atoms with Crippen molar-refractivity contribution in [2.45, 2.75) is 63.5 Å². The smallest absolute Gasteiger partial charge is 0.0352 e. The fourth-order valence-electron chi connectivity index (χ4n) is 8.39. The molecule has 3 aliphatic rings. The Kier molecular flexibility index (Phi) is 9.04. The lowest BCUT2D eigenvalue weighted by molar-refractivity contribution is 0.735. The summed E-state index contributed by atoms with van der Waals surface area (Å²) in [6.07, 6.45) is 22.5. The molecule has 1 heterocycles. The highest BCUT2D eigenvalue weighted by atomic mass is 32.3. The van der Waals surface area contributed by atoms with Crippen LogP contribution in [0.4, 0.5) is 0 Å². The highest BCUT2D eigenvalue weighted by Gasteiger charge is 2.39. The molecular formula is C49H44S3. The maximum atomic E-state index is 2.65. The summed E-state index contributed by atoms with van der Waals surface area (Å²) in [5, 5.41) is 1.40. The third-order valence-corrected chi connectivity index (χ3v) is 20.2. The van der Waals surface area contributed by atoms with Gasteiger partial charge in [-0.25, -0.2) is 0 Å². The quantitative estimate of drug-likeness (QED) is 0.146. The Bertz CT molecular complexity index is 2300. The first-order valence-electron chi connectivity index (χ1n) is 18.6. The number of allylic oxidation sites excluding steroid dienone is 8. The van der Waals surface area contributed by atoms with E-state index in [1.165, 1.54) is 49.9 Å². The van der Waals surface area contributed by atoms with E-state index in [0.29, 0.717) is 5.92 Å². The molecule has 0 saturated heterocycles.